The van der Waals surface area contributed by atoms with Gasteiger partial charge in [-0.15, -0.1) is 0 Å². The van der Waals surface area contributed by atoms with Gasteiger partial charge in [-0.1, -0.05) is 0 Å². The lowest BCUT2D eigenvalue weighted by molar-refractivity contribution is -0.121. The molecule has 7 nitrogen and oxygen atoms in total. The van der Waals surface area contributed by atoms with Crippen LogP contribution in [0.25, 0.3) is 0 Å². The van der Waals surface area contributed by atoms with E-state index in [1.807, 2.05) is 19.3 Å². The Labute approximate surface area is 146 Å². The van der Waals surface area contributed by atoms with Crippen molar-refractivity contribution in [2.75, 3.05) is 20.2 Å². The number of aryl methyl sites for hydroxylation is 1. The minimum absolute atomic E-state index is 0.0244. The molecule has 2 atom stereocenters. The van der Waals surface area contributed by atoms with Crippen molar-refractivity contribution in [3.8, 4) is 11.8 Å². The highest BCUT2D eigenvalue weighted by atomic mass is 16.5. The van der Waals surface area contributed by atoms with Gasteiger partial charge in [0.05, 0.1) is 30.9 Å². The molecule has 1 aliphatic rings. The molecule has 0 unspecified atom stereocenters. The Bertz CT molecular complexity index is 823. The summed E-state index contributed by atoms with van der Waals surface area (Å²) in [6, 6.07) is 7.51. The maximum absolute atomic E-state index is 11.9. The molecule has 0 bridgehead atoms. The number of amides is 1. The quantitative estimate of drug-likeness (QED) is 0.876. The maximum Gasteiger partial charge on any atom is 0.222 e. The van der Waals surface area contributed by atoms with Crippen LogP contribution in [0.1, 0.15) is 22.6 Å². The molecule has 2 heterocycles. The Morgan fingerprint density at radius 2 is 2.28 bits per heavy atom. The topological polar surface area (TPSA) is 97.2 Å². The summed E-state index contributed by atoms with van der Waals surface area (Å²) in [6.45, 7) is 1.88. The molecule has 2 N–H and O–H groups in total. The molecule has 130 valence electrons. The van der Waals surface area contributed by atoms with Gasteiger partial charge in [0.2, 0.25) is 5.91 Å². The predicted octanol–water partition coefficient (Wildman–Crippen LogP) is 1.00. The number of ether oxygens (including phenoxy) is 1. The first kappa shape index (κ1) is 17.0. The molecule has 3 rings (SSSR count). The maximum atomic E-state index is 11.9. The summed E-state index contributed by atoms with van der Waals surface area (Å²) < 4.78 is 7.13. The third-order valence-electron chi connectivity index (χ3n) is 4.72. The fourth-order valence-corrected chi connectivity index (χ4v) is 3.48. The Balaban J connectivity index is 1.83. The normalized spacial score (nSPS) is 20.4. The van der Waals surface area contributed by atoms with Gasteiger partial charge < -0.3 is 10.5 Å². The third kappa shape index (κ3) is 3.49. The van der Waals surface area contributed by atoms with Gasteiger partial charge in [-0.2, -0.15) is 10.4 Å². The van der Waals surface area contributed by atoms with Crippen LogP contribution in [0.2, 0.25) is 0 Å². The van der Waals surface area contributed by atoms with Crippen molar-refractivity contribution in [2.45, 2.75) is 12.5 Å². The van der Waals surface area contributed by atoms with Crippen molar-refractivity contribution in [3.05, 3.63) is 47.3 Å². The molecule has 1 fully saturated rings. The third-order valence-corrected chi connectivity index (χ3v) is 4.72. The molecule has 0 radical (unpaired) electrons. The molecule has 25 heavy (non-hydrogen) atoms. The van der Waals surface area contributed by atoms with E-state index in [4.69, 9.17) is 15.7 Å². The number of hydrogen-bond donors (Lipinski definition) is 1. The number of primary amides is 1. The van der Waals surface area contributed by atoms with Crippen LogP contribution in [0.4, 0.5) is 0 Å². The number of benzene rings is 1. The van der Waals surface area contributed by atoms with Crippen LogP contribution in [0.15, 0.2) is 30.6 Å². The van der Waals surface area contributed by atoms with Crippen molar-refractivity contribution in [2.24, 2.45) is 18.7 Å². The summed E-state index contributed by atoms with van der Waals surface area (Å²) in [4.78, 5) is 14.1. The minimum atomic E-state index is -0.297. The summed E-state index contributed by atoms with van der Waals surface area (Å²) in [5, 5.41) is 13.3. The van der Waals surface area contributed by atoms with E-state index >= 15 is 0 Å². The SMILES string of the molecule is COc1ccc(C#N)cc1CN1C[C@H](C(N)=O)[C@@H](c2cnn(C)c2)C1. The number of rotatable bonds is 5. The molecule has 2 aromatic rings. The summed E-state index contributed by atoms with van der Waals surface area (Å²) in [5.41, 5.74) is 8.16. The van der Waals surface area contributed by atoms with Crippen LogP contribution in [-0.2, 0) is 18.4 Å². The van der Waals surface area contributed by atoms with Crippen molar-refractivity contribution < 1.29 is 9.53 Å². The Morgan fingerprint density at radius 3 is 2.88 bits per heavy atom. The van der Waals surface area contributed by atoms with E-state index in [-0.39, 0.29) is 17.7 Å². The smallest absolute Gasteiger partial charge is 0.222 e. The number of hydrogen-bond acceptors (Lipinski definition) is 5. The number of carbonyl (C=O) groups excluding carboxylic acids is 1. The molecular weight excluding hydrogens is 318 g/mol. The lowest BCUT2D eigenvalue weighted by atomic mass is 9.90. The van der Waals surface area contributed by atoms with E-state index in [1.54, 1.807) is 30.1 Å². The number of nitriles is 1. The second kappa shape index (κ2) is 6.95. The van der Waals surface area contributed by atoms with Gasteiger partial charge in [0.1, 0.15) is 5.75 Å². The van der Waals surface area contributed by atoms with E-state index in [1.165, 1.54) is 0 Å². The van der Waals surface area contributed by atoms with Crippen molar-refractivity contribution in [1.29, 1.82) is 5.26 Å². The zero-order chi connectivity index (χ0) is 18.0. The fraction of sp³-hybridized carbons (Fsp3) is 0.389. The highest BCUT2D eigenvalue weighted by molar-refractivity contribution is 5.78. The van der Waals surface area contributed by atoms with Gasteiger partial charge in [-0.05, 0) is 23.8 Å². The monoisotopic (exact) mass is 339 g/mol. The van der Waals surface area contributed by atoms with Crippen molar-refractivity contribution in [1.82, 2.24) is 14.7 Å². The minimum Gasteiger partial charge on any atom is -0.496 e. The van der Waals surface area contributed by atoms with Crippen LogP contribution >= 0.6 is 0 Å². The Hall–Kier alpha value is -2.85. The van der Waals surface area contributed by atoms with Crippen LogP contribution in [0.3, 0.4) is 0 Å². The van der Waals surface area contributed by atoms with Crippen molar-refractivity contribution in [3.63, 3.8) is 0 Å². The molecule has 0 spiro atoms. The second-order valence-electron chi connectivity index (χ2n) is 6.40. The van der Waals surface area contributed by atoms with E-state index in [9.17, 15) is 4.79 Å². The molecule has 1 saturated heterocycles. The van der Waals surface area contributed by atoms with E-state index in [0.717, 1.165) is 16.9 Å². The molecule has 1 amide bonds. The first-order valence-electron chi connectivity index (χ1n) is 8.09. The largest absolute Gasteiger partial charge is 0.496 e. The van der Waals surface area contributed by atoms with E-state index < -0.39 is 0 Å². The van der Waals surface area contributed by atoms with Gasteiger partial charge in [-0.25, -0.2) is 0 Å². The molecular formula is C18H21N5O2. The van der Waals surface area contributed by atoms with Crippen LogP contribution in [-0.4, -0.2) is 40.8 Å². The highest BCUT2D eigenvalue weighted by Crippen LogP contribution is 2.34. The summed E-state index contributed by atoms with van der Waals surface area (Å²) >= 11 is 0. The van der Waals surface area contributed by atoms with Gasteiger partial charge in [-0.3, -0.25) is 14.4 Å². The average molecular weight is 339 g/mol. The predicted molar refractivity (Wildman–Crippen MR) is 91.6 cm³/mol. The molecule has 0 aliphatic carbocycles. The average Bonchev–Trinajstić information content (AvgIpc) is 3.21. The van der Waals surface area contributed by atoms with Gasteiger partial charge >= 0.3 is 0 Å². The number of carbonyl (C=O) groups is 1. The fourth-order valence-electron chi connectivity index (χ4n) is 3.48. The van der Waals surface area contributed by atoms with Gasteiger partial charge in [0, 0.05) is 44.4 Å². The number of nitrogens with zero attached hydrogens (tertiary/aromatic N) is 4. The van der Waals surface area contributed by atoms with Gasteiger partial charge in [0.15, 0.2) is 0 Å². The van der Waals surface area contributed by atoms with E-state index in [2.05, 4.69) is 16.1 Å². The van der Waals surface area contributed by atoms with Gasteiger partial charge in [0.25, 0.3) is 0 Å². The van der Waals surface area contributed by atoms with E-state index in [0.29, 0.717) is 25.2 Å². The second-order valence-corrected chi connectivity index (χ2v) is 6.40. The Kier molecular flexibility index (Phi) is 4.72. The van der Waals surface area contributed by atoms with Crippen LogP contribution in [0, 0.1) is 17.2 Å². The summed E-state index contributed by atoms with van der Waals surface area (Å²) in [6.07, 6.45) is 3.72. The number of nitrogens with two attached hydrogens (primary N) is 1. The summed E-state index contributed by atoms with van der Waals surface area (Å²) in [5.74, 6) is 0.208. The standard InChI is InChI=1S/C18H21N5O2/c1-22-8-14(7-21-22)15-10-23(11-16(15)18(20)24)9-13-5-12(6-19)3-4-17(13)25-2/h3-5,7-8,15-16H,9-11H2,1-2H3,(H2,20,24)/t15-,16+/m1/s1. The summed E-state index contributed by atoms with van der Waals surface area (Å²) in [7, 11) is 3.47. The number of methoxy groups -OCH3 is 1. The van der Waals surface area contributed by atoms with Crippen LogP contribution < -0.4 is 10.5 Å². The highest BCUT2D eigenvalue weighted by Gasteiger charge is 2.38. The zero-order valence-electron chi connectivity index (χ0n) is 14.3. The van der Waals surface area contributed by atoms with Crippen LogP contribution in [0.5, 0.6) is 5.75 Å². The lowest BCUT2D eigenvalue weighted by Crippen LogP contribution is -2.29. The first-order valence-corrected chi connectivity index (χ1v) is 8.09. The molecule has 1 aromatic carbocycles. The molecule has 7 heteroatoms. The zero-order valence-corrected chi connectivity index (χ0v) is 14.3. The lowest BCUT2D eigenvalue weighted by Gasteiger charge is -2.17. The number of aromatic nitrogens is 2. The Morgan fingerprint density at radius 1 is 1.48 bits per heavy atom. The molecule has 1 aliphatic heterocycles. The number of likely N-dealkylation sites (tertiary alicyclic amines) is 1. The molecule has 0 saturated carbocycles. The molecule has 1 aromatic heterocycles. The van der Waals surface area contributed by atoms with Crippen molar-refractivity contribution >= 4 is 5.91 Å². The first-order chi connectivity index (χ1) is 12.0.